The minimum atomic E-state index is -0.626. The third kappa shape index (κ3) is 15.6. The monoisotopic (exact) mass is 1330 g/mol. The molecule has 8 aromatic carbocycles. The highest BCUT2D eigenvalue weighted by molar-refractivity contribution is 6.85. The molecular weight excluding hydrogens is 1250 g/mol. The van der Waals surface area contributed by atoms with Crippen molar-refractivity contribution in [2.45, 2.75) is 118 Å². The predicted octanol–water partition coefficient (Wildman–Crippen LogP) is 17.3. The minimum absolute atomic E-state index is 0.246. The summed E-state index contributed by atoms with van der Waals surface area (Å²) in [6.07, 6.45) is 20.2. The van der Waals surface area contributed by atoms with E-state index in [1.165, 1.54) is 64.2 Å². The van der Waals surface area contributed by atoms with Crippen molar-refractivity contribution in [2.24, 2.45) is 11.8 Å². The van der Waals surface area contributed by atoms with Gasteiger partial charge in [-0.25, -0.2) is 9.97 Å². The summed E-state index contributed by atoms with van der Waals surface area (Å²) in [6.45, 7) is 8.85. The molecular formula is C84H82B2Cl2N8O2. The topological polar surface area (TPSA) is 127 Å². The third-order valence-corrected chi connectivity index (χ3v) is 19.2. The number of hydrogen-bond donors (Lipinski definition) is 0. The maximum Gasteiger partial charge on any atom is 0.328 e. The van der Waals surface area contributed by atoms with Crippen LogP contribution in [0.4, 0.5) is 0 Å². The van der Waals surface area contributed by atoms with Crippen LogP contribution in [0.15, 0.2) is 219 Å². The molecule has 4 aromatic heterocycles. The quantitative estimate of drug-likeness (QED) is 0.0322. The second kappa shape index (κ2) is 33.0. The molecule has 0 saturated carbocycles. The molecule has 0 aliphatic carbocycles. The predicted molar refractivity (Wildman–Crippen MR) is 407 cm³/mol. The van der Waals surface area contributed by atoms with E-state index in [4.69, 9.17) is 52.6 Å². The molecule has 4 heterocycles. The van der Waals surface area contributed by atoms with E-state index in [0.717, 1.165) is 58.7 Å². The van der Waals surface area contributed by atoms with E-state index >= 15 is 0 Å². The van der Waals surface area contributed by atoms with Gasteiger partial charge in [0.1, 0.15) is 46.2 Å². The third-order valence-electron chi connectivity index (χ3n) is 18.7. The molecule has 0 bridgehead atoms. The lowest BCUT2D eigenvalue weighted by Crippen LogP contribution is -2.54. The Kier molecular flexibility index (Phi) is 23.0. The Balaban J connectivity index is 1.28. The lowest BCUT2D eigenvalue weighted by molar-refractivity contribution is 0.249. The Labute approximate surface area is 587 Å². The number of hydrogen-bond acceptors (Lipinski definition) is 8. The van der Waals surface area contributed by atoms with Crippen molar-refractivity contribution in [1.29, 1.82) is 10.5 Å². The van der Waals surface area contributed by atoms with Crippen molar-refractivity contribution >= 4 is 103 Å². The van der Waals surface area contributed by atoms with Gasteiger partial charge in [-0.1, -0.05) is 295 Å². The molecule has 0 radical (unpaired) electrons. The summed E-state index contributed by atoms with van der Waals surface area (Å²) in [5.74, 6) is 1.97. The molecule has 10 nitrogen and oxygen atoms in total. The largest absolute Gasteiger partial charge is 0.493 e. The molecule has 2 atom stereocenters. The van der Waals surface area contributed by atoms with Crippen LogP contribution in [0.2, 0.25) is 10.0 Å². The second-order valence-electron chi connectivity index (χ2n) is 26.1. The number of halogens is 2. The molecule has 14 heteroatoms. The van der Waals surface area contributed by atoms with Crippen molar-refractivity contribution < 1.29 is 9.47 Å². The highest BCUT2D eigenvalue weighted by Gasteiger charge is 2.38. The molecule has 0 fully saturated rings. The molecule has 12 aromatic rings. The summed E-state index contributed by atoms with van der Waals surface area (Å²) in [5.41, 5.74) is 10.2. The lowest BCUT2D eigenvalue weighted by Gasteiger charge is -2.24. The summed E-state index contributed by atoms with van der Waals surface area (Å²) in [4.78, 5) is 20.8. The van der Waals surface area contributed by atoms with Gasteiger partial charge in [-0.3, -0.25) is 9.97 Å². The Hall–Kier alpha value is -9.71. The fourth-order valence-corrected chi connectivity index (χ4v) is 14.2. The van der Waals surface area contributed by atoms with E-state index in [0.29, 0.717) is 113 Å². The Morgan fingerprint density at radius 1 is 0.429 bits per heavy atom. The number of aromatic nitrogens is 6. The lowest BCUT2D eigenvalue weighted by atomic mass is 9.50. The first-order chi connectivity index (χ1) is 48.1. The fraction of sp³-hybridized carbons (Fsp3) is 0.262. The van der Waals surface area contributed by atoms with Gasteiger partial charge in [0.05, 0.1) is 58.4 Å². The molecule has 12 rings (SSSR count). The summed E-state index contributed by atoms with van der Waals surface area (Å²) in [5, 5.41) is 28.7. The van der Waals surface area contributed by atoms with Crippen LogP contribution in [0.3, 0.4) is 0 Å². The highest BCUT2D eigenvalue weighted by Crippen LogP contribution is 2.39. The van der Waals surface area contributed by atoms with Crippen molar-refractivity contribution in [2.75, 3.05) is 13.2 Å². The number of ether oxygens (including phenoxy) is 2. The molecule has 0 spiro atoms. The number of benzene rings is 8. The molecule has 0 aliphatic rings. The first-order valence-electron chi connectivity index (χ1n) is 35.0. The normalized spacial score (nSPS) is 12.7. The van der Waals surface area contributed by atoms with Gasteiger partial charge in [-0.15, -0.1) is 0 Å². The van der Waals surface area contributed by atoms with Gasteiger partial charge in [0.25, 0.3) is 0 Å². The molecule has 0 aliphatic heterocycles. The Morgan fingerprint density at radius 2 is 0.786 bits per heavy atom. The van der Waals surface area contributed by atoms with E-state index in [2.05, 4.69) is 182 Å². The zero-order valence-corrected chi connectivity index (χ0v) is 58.1. The van der Waals surface area contributed by atoms with Crippen molar-refractivity contribution in [1.82, 2.24) is 28.9 Å². The molecule has 2 unspecified atom stereocenters. The molecule has 0 N–H and O–H groups in total. The van der Waals surface area contributed by atoms with Gasteiger partial charge in [0.2, 0.25) is 0 Å². The second-order valence-corrected chi connectivity index (χ2v) is 27.0. The first-order valence-corrected chi connectivity index (χ1v) is 35.8. The van der Waals surface area contributed by atoms with E-state index < -0.39 is 13.7 Å². The highest BCUT2D eigenvalue weighted by atomic mass is 35.5. The van der Waals surface area contributed by atoms with Crippen LogP contribution >= 0.6 is 23.2 Å². The van der Waals surface area contributed by atoms with Gasteiger partial charge in [0, 0.05) is 43.3 Å². The van der Waals surface area contributed by atoms with E-state index in [9.17, 15) is 10.5 Å². The number of nitrogens with zero attached hydrogens (tertiary/aromatic N) is 8. The van der Waals surface area contributed by atoms with Crippen LogP contribution in [0.5, 0.6) is 11.5 Å². The number of nitriles is 2. The van der Waals surface area contributed by atoms with Crippen LogP contribution in [0.1, 0.15) is 129 Å². The molecule has 0 saturated heterocycles. The van der Waals surface area contributed by atoms with E-state index in [1.54, 1.807) is 36.7 Å². The average molecular weight is 1330 g/mol. The maximum atomic E-state index is 12.6. The SMILES string of the molecule is CCCCCCCCC(C)COc1cccc(-c2c3/c(=C(\C#N)c4cnc5cc(Cl)ccc5n4)n(B(c4ccccc4)c4ccccc4)c(-c4cccc(OCC(C)CCCCCCCC)c4)c3/c(=C(\C#N)c3cnc4cc(Cl)ccc4n3)n2B(c2ccccc2)c2ccccc2)c1. The van der Waals surface area contributed by atoms with Gasteiger partial charge in [-0.2, -0.15) is 10.5 Å². The molecule has 98 heavy (non-hydrogen) atoms. The zero-order chi connectivity index (χ0) is 67.7. The van der Waals surface area contributed by atoms with Crippen LogP contribution in [0, 0.1) is 34.5 Å². The average Bonchev–Trinajstić information content (AvgIpc) is 1.52. The summed E-state index contributed by atoms with van der Waals surface area (Å²) >= 11 is 13.3. The van der Waals surface area contributed by atoms with Gasteiger partial charge in [0.15, 0.2) is 0 Å². The summed E-state index contributed by atoms with van der Waals surface area (Å²) in [7, 11) is 0. The van der Waals surface area contributed by atoms with Crippen LogP contribution < -0.4 is 42.0 Å². The first kappa shape index (κ1) is 68.2. The minimum Gasteiger partial charge on any atom is -0.493 e. The van der Waals surface area contributed by atoms with Gasteiger partial charge >= 0.3 is 13.7 Å². The van der Waals surface area contributed by atoms with E-state index in [-0.39, 0.29) is 11.1 Å². The van der Waals surface area contributed by atoms with E-state index in [1.807, 2.05) is 48.5 Å². The number of unbranched alkanes of at least 4 members (excludes halogenated alkanes) is 10. The smallest absolute Gasteiger partial charge is 0.328 e. The van der Waals surface area contributed by atoms with Crippen LogP contribution in [-0.4, -0.2) is 55.8 Å². The summed E-state index contributed by atoms with van der Waals surface area (Å²) in [6, 6.07) is 74.9. The van der Waals surface area contributed by atoms with Gasteiger partial charge in [-0.05, 0) is 85.3 Å². The zero-order valence-electron chi connectivity index (χ0n) is 56.6. The van der Waals surface area contributed by atoms with Crippen molar-refractivity contribution in [3.05, 3.63) is 251 Å². The number of rotatable bonds is 30. The fourth-order valence-electron chi connectivity index (χ4n) is 13.8. The van der Waals surface area contributed by atoms with Crippen molar-refractivity contribution in [3.63, 3.8) is 0 Å². The van der Waals surface area contributed by atoms with Gasteiger partial charge < -0.3 is 18.4 Å². The van der Waals surface area contributed by atoms with Crippen molar-refractivity contribution in [3.8, 4) is 46.2 Å². The molecule has 0 amide bonds. The maximum absolute atomic E-state index is 12.6. The Morgan fingerprint density at radius 3 is 1.14 bits per heavy atom. The standard InChI is InChI=1S/C84H82B2Cl2N8O2/c1-5-7-9-11-13-19-31-59(3)57-97-69-43-29-33-61(49-69)81-79-80(84(72(54-90)78-56-92-76-52-68(88)46-48-74(76)94-78)95(81)85(63-35-21-15-22-36-63)64-37-23-16-24-38-64)82(62-34-30-44-70(50-62)98-58-60(4)32-20-14-12-10-8-6-2)96(86(65-39-25-17-26-40-65)66-41-27-18-28-42-66)83(79)71(53-89)77-55-91-75-51-67(87)45-47-73(75)93-77/h15-18,21-30,33-52,55-56,59-60H,5-14,19-20,31-32,57-58H2,1-4H3/b83-71-,84-72-. The number of fused-ring (bicyclic) bond motifs is 3. The summed E-state index contributed by atoms with van der Waals surface area (Å²) < 4.78 is 18.6. The Bertz CT molecular complexity index is 4530. The van der Waals surface area contributed by atoms with Crippen LogP contribution in [-0.2, 0) is 0 Å². The molecule has 490 valence electrons. The van der Waals surface area contributed by atoms with Crippen LogP contribution in [0.25, 0.3) is 66.5 Å².